The van der Waals surface area contributed by atoms with Crippen LogP contribution in [0.4, 0.5) is 5.69 Å². The minimum atomic E-state index is -0.186. The Morgan fingerprint density at radius 2 is 1.53 bits per heavy atom. The third-order valence-electron chi connectivity index (χ3n) is 11.5. The van der Waals surface area contributed by atoms with Crippen LogP contribution in [0.25, 0.3) is 11.3 Å². The molecule has 1 aromatic heterocycles. The zero-order chi connectivity index (χ0) is 39.0. The van der Waals surface area contributed by atoms with Crippen molar-refractivity contribution in [2.75, 3.05) is 39.1 Å². The first kappa shape index (κ1) is 37.6. The van der Waals surface area contributed by atoms with E-state index in [9.17, 15) is 19.5 Å². The first-order valence-electron chi connectivity index (χ1n) is 19.2. The fourth-order valence-corrected chi connectivity index (χ4v) is 8.00. The first-order chi connectivity index (χ1) is 26.4. The zero-order valence-corrected chi connectivity index (χ0v) is 32.8. The number of benzene rings is 4. The summed E-state index contributed by atoms with van der Waals surface area (Å²) in [6, 6.07) is 29.2. The number of amides is 3. The van der Waals surface area contributed by atoms with Gasteiger partial charge in [0, 0.05) is 74.5 Å². The molecule has 9 heteroatoms. The molecule has 2 aliphatic rings. The molecule has 0 saturated heterocycles. The Bertz CT molecular complexity index is 2260. The van der Waals surface area contributed by atoms with Gasteiger partial charge in [-0.05, 0) is 123 Å². The van der Waals surface area contributed by atoms with Gasteiger partial charge in [0.1, 0.15) is 5.75 Å². The summed E-state index contributed by atoms with van der Waals surface area (Å²) >= 11 is 0. The zero-order valence-electron chi connectivity index (χ0n) is 32.8. The molecular formula is C46H51N5O4. The number of phenols is 1. The van der Waals surface area contributed by atoms with Crippen molar-refractivity contribution in [1.29, 1.82) is 0 Å². The van der Waals surface area contributed by atoms with Crippen molar-refractivity contribution in [2.45, 2.75) is 58.7 Å². The van der Waals surface area contributed by atoms with Gasteiger partial charge in [0.05, 0.1) is 12.0 Å². The highest BCUT2D eigenvalue weighted by Crippen LogP contribution is 2.36. The highest BCUT2D eigenvalue weighted by molar-refractivity contribution is 6.08. The van der Waals surface area contributed by atoms with Crippen LogP contribution in [0.15, 0.2) is 91.0 Å². The molecular weight excluding hydrogens is 687 g/mol. The summed E-state index contributed by atoms with van der Waals surface area (Å²) in [7, 11) is 7.79. The Morgan fingerprint density at radius 1 is 0.800 bits per heavy atom. The Morgan fingerprint density at radius 3 is 2.27 bits per heavy atom. The third kappa shape index (κ3) is 7.80. The van der Waals surface area contributed by atoms with Crippen LogP contribution in [0.3, 0.4) is 0 Å². The van der Waals surface area contributed by atoms with Crippen LogP contribution in [0.2, 0.25) is 0 Å². The molecule has 9 nitrogen and oxygen atoms in total. The van der Waals surface area contributed by atoms with Gasteiger partial charge in [-0.1, -0.05) is 48.5 Å². The molecule has 0 saturated carbocycles. The van der Waals surface area contributed by atoms with Crippen molar-refractivity contribution in [3.63, 3.8) is 0 Å². The van der Waals surface area contributed by atoms with Crippen LogP contribution >= 0.6 is 0 Å². The van der Waals surface area contributed by atoms with E-state index in [2.05, 4.69) is 62.3 Å². The molecule has 5 aromatic rings. The summed E-state index contributed by atoms with van der Waals surface area (Å²) in [5.74, 6) is -0.0415. The molecule has 3 amide bonds. The third-order valence-corrected chi connectivity index (χ3v) is 11.5. The van der Waals surface area contributed by atoms with E-state index >= 15 is 0 Å². The molecule has 4 aromatic carbocycles. The lowest BCUT2D eigenvalue weighted by Gasteiger charge is -2.36. The van der Waals surface area contributed by atoms with E-state index in [1.54, 1.807) is 36.2 Å². The molecule has 0 fully saturated rings. The van der Waals surface area contributed by atoms with E-state index in [-0.39, 0.29) is 29.5 Å². The molecule has 2 aliphatic heterocycles. The second kappa shape index (κ2) is 15.6. The molecule has 7 rings (SSSR count). The molecule has 1 atom stereocenters. The molecule has 0 bridgehead atoms. The highest BCUT2D eigenvalue weighted by Gasteiger charge is 2.32. The number of hydrogen-bond acceptors (Lipinski definition) is 5. The maximum absolute atomic E-state index is 14.9. The summed E-state index contributed by atoms with van der Waals surface area (Å²) in [5.41, 5.74) is 10.8. The quantitative estimate of drug-likeness (QED) is 0.180. The van der Waals surface area contributed by atoms with E-state index in [4.69, 9.17) is 0 Å². The van der Waals surface area contributed by atoms with Gasteiger partial charge < -0.3 is 29.3 Å². The molecule has 0 spiro atoms. The number of likely N-dealkylation sites (N-methyl/N-ethyl adjacent to an activating group) is 1. The van der Waals surface area contributed by atoms with E-state index < -0.39 is 0 Å². The molecule has 0 unspecified atom stereocenters. The van der Waals surface area contributed by atoms with Gasteiger partial charge in [0.15, 0.2) is 0 Å². The van der Waals surface area contributed by atoms with Crippen molar-refractivity contribution < 1.29 is 19.5 Å². The Kier molecular flexibility index (Phi) is 10.7. The van der Waals surface area contributed by atoms with Gasteiger partial charge in [-0.2, -0.15) is 0 Å². The predicted octanol–water partition coefficient (Wildman–Crippen LogP) is 6.80. The molecule has 0 aliphatic carbocycles. The topological polar surface area (TPSA) is 89.3 Å². The number of fused-ring (bicyclic) bond motifs is 2. The van der Waals surface area contributed by atoms with Gasteiger partial charge in [0.2, 0.25) is 5.91 Å². The number of carbonyl (C=O) groups is 3. The average molecular weight is 738 g/mol. The number of aromatic nitrogens is 1. The first-order valence-corrected chi connectivity index (χ1v) is 19.2. The summed E-state index contributed by atoms with van der Waals surface area (Å²) < 4.78 is 2.00. The van der Waals surface area contributed by atoms with Crippen LogP contribution in [0.5, 0.6) is 5.75 Å². The maximum atomic E-state index is 14.9. The van der Waals surface area contributed by atoms with E-state index in [0.717, 1.165) is 58.6 Å². The normalized spacial score (nSPS) is 15.1. The minimum absolute atomic E-state index is 0.0101. The second-order valence-electron chi connectivity index (χ2n) is 15.5. The molecule has 284 valence electrons. The number of hydrogen-bond donors (Lipinski definition) is 1. The average Bonchev–Trinajstić information content (AvgIpc) is 3.48. The summed E-state index contributed by atoms with van der Waals surface area (Å²) in [4.78, 5) is 50.2. The predicted molar refractivity (Wildman–Crippen MR) is 217 cm³/mol. The second-order valence-corrected chi connectivity index (χ2v) is 15.5. The van der Waals surface area contributed by atoms with Crippen LogP contribution in [0.1, 0.15) is 66.7 Å². The van der Waals surface area contributed by atoms with Gasteiger partial charge in [-0.15, -0.1) is 0 Å². The Balaban J connectivity index is 1.23. The van der Waals surface area contributed by atoms with E-state index in [1.165, 1.54) is 11.1 Å². The maximum Gasteiger partial charge on any atom is 0.259 e. The lowest BCUT2D eigenvalue weighted by Crippen LogP contribution is -2.43. The largest absolute Gasteiger partial charge is 0.508 e. The fraction of sp³-hybridized carbons (Fsp3) is 0.326. The molecule has 55 heavy (non-hydrogen) atoms. The molecule has 1 N–H and O–H groups in total. The van der Waals surface area contributed by atoms with Crippen molar-refractivity contribution >= 4 is 23.4 Å². The number of aromatic hydroxyl groups is 1. The van der Waals surface area contributed by atoms with Crippen molar-refractivity contribution in [2.24, 2.45) is 7.05 Å². The van der Waals surface area contributed by atoms with Crippen molar-refractivity contribution in [1.82, 2.24) is 19.3 Å². The van der Waals surface area contributed by atoms with Gasteiger partial charge in [0.25, 0.3) is 11.8 Å². The van der Waals surface area contributed by atoms with E-state index in [0.29, 0.717) is 49.3 Å². The van der Waals surface area contributed by atoms with Crippen LogP contribution in [0, 0.1) is 6.92 Å². The smallest absolute Gasteiger partial charge is 0.259 e. The standard InChI is InChI=1S/C46H51N5O4/c1-30-22-34-12-7-8-13-36(34)29-51(30)46(55)42-26-37-28-50(44(53)24-33-11-9-10-32(23-33)18-20-47(3)4)21-19-35(37)25-41(42)43-27-40(31(2)48(43)5)45(54)49(6)38-14-16-39(52)17-15-38/h7-17,23,25-27,30,52H,18-22,24,28-29H2,1-6H3/t30-/m1/s1. The van der Waals surface area contributed by atoms with Crippen molar-refractivity contribution in [3.05, 3.63) is 141 Å². The number of nitrogens with zero attached hydrogens (tertiary/aromatic N) is 5. The van der Waals surface area contributed by atoms with Crippen molar-refractivity contribution in [3.8, 4) is 17.0 Å². The number of rotatable bonds is 9. The fourth-order valence-electron chi connectivity index (χ4n) is 8.00. The van der Waals surface area contributed by atoms with Gasteiger partial charge in [-0.3, -0.25) is 14.4 Å². The number of phenolic OH excluding ortho intramolecular Hbond substituents is 1. The number of carbonyl (C=O) groups excluding carboxylic acids is 3. The van der Waals surface area contributed by atoms with E-state index in [1.807, 2.05) is 58.7 Å². The monoisotopic (exact) mass is 737 g/mol. The van der Waals surface area contributed by atoms with Crippen LogP contribution in [-0.2, 0) is 50.6 Å². The minimum Gasteiger partial charge on any atom is -0.508 e. The Hall–Kier alpha value is -5.67. The van der Waals surface area contributed by atoms with Crippen LogP contribution in [-0.4, -0.2) is 82.4 Å². The summed E-state index contributed by atoms with van der Waals surface area (Å²) in [5, 5.41) is 9.80. The Labute approximate surface area is 324 Å². The number of anilines is 1. The van der Waals surface area contributed by atoms with Crippen LogP contribution < -0.4 is 4.90 Å². The summed E-state index contributed by atoms with van der Waals surface area (Å²) in [6.45, 7) is 6.50. The summed E-state index contributed by atoms with van der Waals surface area (Å²) in [6.07, 6.45) is 2.69. The lowest BCUT2D eigenvalue weighted by molar-refractivity contribution is -0.131. The highest BCUT2D eigenvalue weighted by atomic mass is 16.3. The van der Waals surface area contributed by atoms with Gasteiger partial charge >= 0.3 is 0 Å². The SMILES string of the molecule is Cc1c(C(=O)N(C)c2ccc(O)cc2)cc(-c2cc3c(cc2C(=O)N2Cc4ccccc4C[C@H]2C)CN(C(=O)Cc2cccc(CCN(C)C)c2)CC3)n1C. The molecule has 0 radical (unpaired) electrons. The lowest BCUT2D eigenvalue weighted by atomic mass is 9.89. The van der Waals surface area contributed by atoms with Gasteiger partial charge in [-0.25, -0.2) is 0 Å². The molecule has 3 heterocycles.